The number of nitrogens with zero attached hydrogens (tertiary/aromatic N) is 1. The van der Waals surface area contributed by atoms with Gasteiger partial charge in [0.05, 0.1) is 5.69 Å². The minimum atomic E-state index is -1.58. The van der Waals surface area contributed by atoms with Crippen LogP contribution >= 0.6 is 0 Å². The van der Waals surface area contributed by atoms with Gasteiger partial charge in [-0.3, -0.25) is 14.9 Å². The Morgan fingerprint density at radius 2 is 1.83 bits per heavy atom. The van der Waals surface area contributed by atoms with Crippen molar-refractivity contribution in [1.82, 2.24) is 10.6 Å². The number of anilines is 1. The molecule has 2 N–H and O–H groups in total. The van der Waals surface area contributed by atoms with E-state index in [-0.39, 0.29) is 5.91 Å². The summed E-state index contributed by atoms with van der Waals surface area (Å²) >= 11 is 0. The van der Waals surface area contributed by atoms with E-state index >= 15 is 0 Å². The molecule has 0 aromatic heterocycles. The van der Waals surface area contributed by atoms with E-state index in [0.29, 0.717) is 18.0 Å². The van der Waals surface area contributed by atoms with Gasteiger partial charge in [0.25, 0.3) is 11.8 Å². The predicted molar refractivity (Wildman–Crippen MR) is 83.7 cm³/mol. The van der Waals surface area contributed by atoms with Gasteiger partial charge in [-0.15, -0.1) is 0 Å². The molecule has 1 unspecified atom stereocenters. The molecule has 23 heavy (non-hydrogen) atoms. The normalized spacial score (nSPS) is 27.3. The van der Waals surface area contributed by atoms with Crippen molar-refractivity contribution in [2.45, 2.75) is 37.6 Å². The van der Waals surface area contributed by atoms with Crippen molar-refractivity contribution in [3.63, 3.8) is 0 Å². The van der Waals surface area contributed by atoms with Crippen LogP contribution in [0, 0.1) is 5.92 Å². The van der Waals surface area contributed by atoms with Gasteiger partial charge in [-0.05, 0) is 24.8 Å². The first-order valence-corrected chi connectivity index (χ1v) is 8.18. The fourth-order valence-corrected chi connectivity index (χ4v) is 4.06. The number of urea groups is 1. The number of rotatable bonds is 2. The van der Waals surface area contributed by atoms with Crippen LogP contribution in [0.5, 0.6) is 0 Å². The fourth-order valence-electron chi connectivity index (χ4n) is 4.06. The van der Waals surface area contributed by atoms with Crippen LogP contribution < -0.4 is 15.5 Å². The van der Waals surface area contributed by atoms with Crippen molar-refractivity contribution in [2.24, 2.45) is 5.92 Å². The number of benzene rings is 1. The van der Waals surface area contributed by atoms with Crippen molar-refractivity contribution in [3.05, 3.63) is 29.8 Å². The van der Waals surface area contributed by atoms with E-state index in [1.807, 2.05) is 12.1 Å². The SMILES string of the molecule is O=C1NC(=O)C2(N1)C(=O)N(CC1CCCCC1)c1ccccc12. The molecule has 2 heterocycles. The molecule has 0 bridgehead atoms. The second kappa shape index (κ2) is 5.08. The zero-order valence-electron chi connectivity index (χ0n) is 12.8. The Hall–Kier alpha value is -2.37. The summed E-state index contributed by atoms with van der Waals surface area (Å²) in [5.74, 6) is -0.463. The zero-order valence-corrected chi connectivity index (χ0v) is 12.8. The molecule has 1 aliphatic carbocycles. The van der Waals surface area contributed by atoms with Crippen LogP contribution in [-0.2, 0) is 15.1 Å². The number of amides is 4. The van der Waals surface area contributed by atoms with E-state index in [0.717, 1.165) is 18.5 Å². The highest BCUT2D eigenvalue weighted by molar-refractivity contribution is 6.27. The maximum absolute atomic E-state index is 13.1. The number of imide groups is 1. The van der Waals surface area contributed by atoms with E-state index in [1.54, 1.807) is 17.0 Å². The quantitative estimate of drug-likeness (QED) is 0.643. The molecule has 4 rings (SSSR count). The number of carbonyl (C=O) groups is 3. The largest absolute Gasteiger partial charge is 0.323 e. The van der Waals surface area contributed by atoms with Gasteiger partial charge in [0, 0.05) is 12.1 Å². The molecule has 1 atom stereocenters. The zero-order chi connectivity index (χ0) is 16.0. The van der Waals surface area contributed by atoms with E-state index in [2.05, 4.69) is 10.6 Å². The molecule has 6 heteroatoms. The van der Waals surface area contributed by atoms with Crippen LogP contribution in [0.15, 0.2) is 24.3 Å². The van der Waals surface area contributed by atoms with Crippen molar-refractivity contribution in [3.8, 4) is 0 Å². The molecular weight excluding hydrogens is 294 g/mol. The van der Waals surface area contributed by atoms with Crippen LogP contribution in [0.2, 0.25) is 0 Å². The number of nitrogens with one attached hydrogen (secondary N) is 2. The Kier molecular flexibility index (Phi) is 3.14. The van der Waals surface area contributed by atoms with Crippen LogP contribution in [0.1, 0.15) is 37.7 Å². The van der Waals surface area contributed by atoms with Gasteiger partial charge in [-0.1, -0.05) is 37.5 Å². The average Bonchev–Trinajstić information content (AvgIpc) is 2.99. The molecule has 2 fully saturated rings. The molecule has 1 saturated carbocycles. The lowest BCUT2D eigenvalue weighted by Crippen LogP contribution is -2.53. The summed E-state index contributed by atoms with van der Waals surface area (Å²) in [6.07, 6.45) is 5.85. The first-order valence-electron chi connectivity index (χ1n) is 8.18. The third-order valence-electron chi connectivity index (χ3n) is 5.20. The van der Waals surface area contributed by atoms with Crippen LogP contribution in [0.4, 0.5) is 10.5 Å². The Bertz CT molecular complexity index is 696. The topological polar surface area (TPSA) is 78.5 Å². The van der Waals surface area contributed by atoms with Gasteiger partial charge in [0.2, 0.25) is 5.54 Å². The fraction of sp³-hybridized carbons (Fsp3) is 0.471. The smallest absolute Gasteiger partial charge is 0.312 e. The first-order chi connectivity index (χ1) is 11.1. The molecule has 2 aliphatic heterocycles. The summed E-state index contributed by atoms with van der Waals surface area (Å²) in [5.41, 5.74) is -0.271. The van der Waals surface area contributed by atoms with Crippen molar-refractivity contribution >= 4 is 23.5 Å². The van der Waals surface area contributed by atoms with Gasteiger partial charge in [0.1, 0.15) is 0 Å². The van der Waals surface area contributed by atoms with Crippen LogP contribution in [-0.4, -0.2) is 24.4 Å². The van der Waals surface area contributed by atoms with Crippen LogP contribution in [0.3, 0.4) is 0 Å². The molecule has 120 valence electrons. The molecule has 0 radical (unpaired) electrons. The number of carbonyl (C=O) groups excluding carboxylic acids is 3. The Balaban J connectivity index is 1.73. The van der Waals surface area contributed by atoms with Crippen LogP contribution in [0.25, 0.3) is 0 Å². The molecule has 3 aliphatic rings. The Labute approximate surface area is 134 Å². The van der Waals surface area contributed by atoms with E-state index < -0.39 is 17.5 Å². The summed E-state index contributed by atoms with van der Waals surface area (Å²) in [6, 6.07) is 6.63. The molecule has 1 spiro atoms. The molecule has 1 saturated heterocycles. The minimum Gasteiger partial charge on any atom is -0.312 e. The average molecular weight is 313 g/mol. The molecular formula is C17H19N3O3. The maximum atomic E-state index is 13.1. The van der Waals surface area contributed by atoms with Crippen molar-refractivity contribution in [1.29, 1.82) is 0 Å². The van der Waals surface area contributed by atoms with Gasteiger partial charge in [0.15, 0.2) is 0 Å². The molecule has 1 aromatic carbocycles. The summed E-state index contributed by atoms with van der Waals surface area (Å²) in [5, 5.41) is 4.77. The molecule has 4 amide bonds. The second-order valence-electron chi connectivity index (χ2n) is 6.60. The summed E-state index contributed by atoms with van der Waals surface area (Å²) < 4.78 is 0. The third kappa shape index (κ3) is 1.97. The molecule has 6 nitrogen and oxygen atoms in total. The summed E-state index contributed by atoms with van der Waals surface area (Å²) in [4.78, 5) is 38.8. The summed E-state index contributed by atoms with van der Waals surface area (Å²) in [6.45, 7) is 0.612. The highest BCUT2D eigenvalue weighted by Gasteiger charge is 2.61. The minimum absolute atomic E-state index is 0.340. The lowest BCUT2D eigenvalue weighted by molar-refractivity contribution is -0.134. The van der Waals surface area contributed by atoms with Gasteiger partial charge in [-0.25, -0.2) is 4.79 Å². The molecule has 1 aromatic rings. The monoisotopic (exact) mass is 313 g/mol. The Morgan fingerprint density at radius 1 is 1.09 bits per heavy atom. The number of hydrogen-bond acceptors (Lipinski definition) is 3. The van der Waals surface area contributed by atoms with Crippen molar-refractivity contribution < 1.29 is 14.4 Å². The van der Waals surface area contributed by atoms with Gasteiger partial charge >= 0.3 is 6.03 Å². The van der Waals surface area contributed by atoms with E-state index in [4.69, 9.17) is 0 Å². The third-order valence-corrected chi connectivity index (χ3v) is 5.20. The number of fused-ring (bicyclic) bond motifs is 2. The van der Waals surface area contributed by atoms with Crippen molar-refractivity contribution in [2.75, 3.05) is 11.4 Å². The number of hydrogen-bond donors (Lipinski definition) is 2. The highest BCUT2D eigenvalue weighted by atomic mass is 16.2. The van der Waals surface area contributed by atoms with Gasteiger partial charge in [-0.2, -0.15) is 0 Å². The first kappa shape index (κ1) is 14.2. The van der Waals surface area contributed by atoms with E-state index in [9.17, 15) is 14.4 Å². The number of para-hydroxylation sites is 1. The lowest BCUT2D eigenvalue weighted by Gasteiger charge is -2.28. The summed E-state index contributed by atoms with van der Waals surface area (Å²) in [7, 11) is 0. The van der Waals surface area contributed by atoms with Gasteiger partial charge < -0.3 is 10.2 Å². The van der Waals surface area contributed by atoms with E-state index in [1.165, 1.54) is 19.3 Å². The Morgan fingerprint density at radius 3 is 2.52 bits per heavy atom. The standard InChI is InChI=1S/C17H19N3O3/c21-14-17(19-16(23)18-14)12-8-4-5-9-13(12)20(15(17)22)10-11-6-2-1-3-7-11/h4-5,8-9,11H,1-3,6-7,10H2,(H2,18,19,21,23). The maximum Gasteiger partial charge on any atom is 0.323 e. The highest BCUT2D eigenvalue weighted by Crippen LogP contribution is 2.43. The predicted octanol–water partition coefficient (Wildman–Crippen LogP) is 1.65. The second-order valence-corrected chi connectivity index (χ2v) is 6.60. The lowest BCUT2D eigenvalue weighted by atomic mass is 9.89.